The Balaban J connectivity index is 2.38. The molecule has 0 unspecified atom stereocenters. The van der Waals surface area contributed by atoms with Gasteiger partial charge >= 0.3 is 12.1 Å². The van der Waals surface area contributed by atoms with Crippen LogP contribution in [0.1, 0.15) is 6.92 Å². The fraction of sp³-hybridized carbons (Fsp3) is 0.692. The molecular formula is C13H21NO9. The molecule has 0 aromatic rings. The molecule has 1 amide bonds. The summed E-state index contributed by atoms with van der Waals surface area (Å²) in [5.41, 5.74) is 0.217. The van der Waals surface area contributed by atoms with Crippen LogP contribution in [0, 0.1) is 0 Å². The molecular weight excluding hydrogens is 314 g/mol. The molecule has 0 spiro atoms. The third-order valence-corrected chi connectivity index (χ3v) is 3.02. The molecule has 0 radical (unpaired) electrons. The van der Waals surface area contributed by atoms with E-state index in [1.165, 1.54) is 6.92 Å². The Hall–Kier alpha value is -1.72. The molecule has 0 aliphatic carbocycles. The largest absolute Gasteiger partial charge is 0.460 e. The number of hydrogen-bond donors (Lipinski definition) is 5. The third kappa shape index (κ3) is 5.44. The standard InChI is InChI=1S/C13H21NO9/c1-6(2)11(19)21-4-3-14-13(20)23-12-10(18)9(17)8(16)7(5-15)22-12/h7-10,12,15-18H,1,3-5H2,2H3,(H,14,20)/t7-,8-,9+,10-,12+/m1/s1. The van der Waals surface area contributed by atoms with Gasteiger partial charge in [-0.25, -0.2) is 9.59 Å². The minimum absolute atomic E-state index is 0.0602. The first-order chi connectivity index (χ1) is 10.8. The molecule has 1 aliphatic heterocycles. The molecule has 1 fully saturated rings. The number of carbonyl (C=O) groups excluding carboxylic acids is 2. The molecule has 10 heteroatoms. The topological polar surface area (TPSA) is 155 Å². The number of amides is 1. The van der Waals surface area contributed by atoms with Crippen molar-refractivity contribution < 1.29 is 44.2 Å². The van der Waals surface area contributed by atoms with Crippen molar-refractivity contribution in [2.24, 2.45) is 0 Å². The Morgan fingerprint density at radius 2 is 1.87 bits per heavy atom. The van der Waals surface area contributed by atoms with Crippen LogP contribution in [-0.2, 0) is 19.0 Å². The van der Waals surface area contributed by atoms with Crippen LogP contribution >= 0.6 is 0 Å². The minimum Gasteiger partial charge on any atom is -0.460 e. The SMILES string of the molecule is C=C(C)C(=O)OCCNC(=O)O[C@@H]1O[C@H](CO)[C@@H](O)[C@H](O)[C@H]1O. The number of esters is 1. The van der Waals surface area contributed by atoms with Gasteiger partial charge in [0.15, 0.2) is 0 Å². The van der Waals surface area contributed by atoms with E-state index in [0.29, 0.717) is 0 Å². The van der Waals surface area contributed by atoms with Gasteiger partial charge in [0.1, 0.15) is 31.0 Å². The van der Waals surface area contributed by atoms with E-state index in [4.69, 9.17) is 19.3 Å². The maximum atomic E-state index is 11.5. The van der Waals surface area contributed by atoms with E-state index in [-0.39, 0.29) is 18.7 Å². The molecule has 1 rings (SSSR count). The van der Waals surface area contributed by atoms with Crippen molar-refractivity contribution in [2.75, 3.05) is 19.8 Å². The molecule has 0 aromatic carbocycles. The summed E-state index contributed by atoms with van der Waals surface area (Å²) in [5, 5.41) is 40.0. The van der Waals surface area contributed by atoms with Crippen LogP contribution in [0.4, 0.5) is 4.79 Å². The van der Waals surface area contributed by atoms with E-state index in [9.17, 15) is 24.9 Å². The Labute approximate surface area is 132 Å². The summed E-state index contributed by atoms with van der Waals surface area (Å²) < 4.78 is 14.5. The van der Waals surface area contributed by atoms with Crippen LogP contribution < -0.4 is 5.32 Å². The van der Waals surface area contributed by atoms with Crippen molar-refractivity contribution >= 4 is 12.1 Å². The van der Waals surface area contributed by atoms with Gasteiger partial charge in [0.05, 0.1) is 13.2 Å². The summed E-state index contributed by atoms with van der Waals surface area (Å²) in [6.07, 6.45) is -8.61. The number of aliphatic hydroxyl groups excluding tert-OH is 4. The molecule has 0 saturated carbocycles. The van der Waals surface area contributed by atoms with Gasteiger partial charge in [-0.1, -0.05) is 6.58 Å². The van der Waals surface area contributed by atoms with Gasteiger partial charge in [-0.3, -0.25) is 0 Å². The lowest BCUT2D eigenvalue weighted by atomic mass is 9.99. The van der Waals surface area contributed by atoms with Gasteiger partial charge in [0.2, 0.25) is 6.29 Å². The van der Waals surface area contributed by atoms with Crippen LogP contribution in [0.2, 0.25) is 0 Å². The minimum atomic E-state index is -1.68. The normalized spacial score (nSPS) is 30.4. The zero-order valence-electron chi connectivity index (χ0n) is 12.5. The Morgan fingerprint density at radius 1 is 1.22 bits per heavy atom. The fourth-order valence-corrected chi connectivity index (χ4v) is 1.73. The lowest BCUT2D eigenvalue weighted by Crippen LogP contribution is -2.59. The van der Waals surface area contributed by atoms with Gasteiger partial charge in [0.25, 0.3) is 0 Å². The summed E-state index contributed by atoms with van der Waals surface area (Å²) in [7, 11) is 0. The highest BCUT2D eigenvalue weighted by Crippen LogP contribution is 2.21. The lowest BCUT2D eigenvalue weighted by Gasteiger charge is -2.39. The van der Waals surface area contributed by atoms with Crippen LogP contribution in [0.15, 0.2) is 12.2 Å². The summed E-state index contributed by atoms with van der Waals surface area (Å²) in [5.74, 6) is -0.603. The summed E-state index contributed by atoms with van der Waals surface area (Å²) in [6.45, 7) is 4.05. The van der Waals surface area contributed by atoms with Crippen molar-refractivity contribution in [1.82, 2.24) is 5.32 Å². The van der Waals surface area contributed by atoms with Crippen molar-refractivity contribution in [3.8, 4) is 0 Å². The summed E-state index contributed by atoms with van der Waals surface area (Å²) >= 11 is 0. The molecule has 0 aromatic heterocycles. The second-order valence-corrected chi connectivity index (χ2v) is 4.95. The predicted molar refractivity (Wildman–Crippen MR) is 74.0 cm³/mol. The van der Waals surface area contributed by atoms with E-state index >= 15 is 0 Å². The zero-order chi connectivity index (χ0) is 17.6. The highest BCUT2D eigenvalue weighted by molar-refractivity contribution is 5.86. The number of nitrogens with one attached hydrogen (secondary N) is 1. The second kappa shape index (κ2) is 8.79. The van der Waals surface area contributed by atoms with E-state index < -0.39 is 49.4 Å². The van der Waals surface area contributed by atoms with Crippen LogP contribution in [0.25, 0.3) is 0 Å². The maximum Gasteiger partial charge on any atom is 0.409 e. The second-order valence-electron chi connectivity index (χ2n) is 4.95. The van der Waals surface area contributed by atoms with Crippen LogP contribution in [0.3, 0.4) is 0 Å². The van der Waals surface area contributed by atoms with Gasteiger partial charge in [-0.05, 0) is 6.92 Å². The maximum absolute atomic E-state index is 11.5. The van der Waals surface area contributed by atoms with Crippen molar-refractivity contribution in [1.29, 1.82) is 0 Å². The van der Waals surface area contributed by atoms with E-state index in [2.05, 4.69) is 11.9 Å². The summed E-state index contributed by atoms with van der Waals surface area (Å²) in [4.78, 5) is 22.6. The smallest absolute Gasteiger partial charge is 0.409 e. The van der Waals surface area contributed by atoms with Crippen LogP contribution in [0.5, 0.6) is 0 Å². The average Bonchev–Trinajstić information content (AvgIpc) is 2.51. The number of rotatable bonds is 6. The van der Waals surface area contributed by atoms with E-state index in [1.807, 2.05) is 0 Å². The number of aliphatic hydroxyl groups is 4. The van der Waals surface area contributed by atoms with Gasteiger partial charge in [-0.2, -0.15) is 0 Å². The zero-order valence-corrected chi connectivity index (χ0v) is 12.5. The number of hydrogen-bond acceptors (Lipinski definition) is 9. The van der Waals surface area contributed by atoms with E-state index in [1.54, 1.807) is 0 Å². The lowest BCUT2D eigenvalue weighted by molar-refractivity contribution is -0.284. The molecule has 1 saturated heterocycles. The highest BCUT2D eigenvalue weighted by atomic mass is 16.7. The first kappa shape index (κ1) is 19.3. The molecule has 1 heterocycles. The molecule has 0 bridgehead atoms. The van der Waals surface area contributed by atoms with Gasteiger partial charge in [-0.15, -0.1) is 0 Å². The fourth-order valence-electron chi connectivity index (χ4n) is 1.73. The number of alkyl carbamates (subject to hydrolysis) is 1. The summed E-state index contributed by atoms with van der Waals surface area (Å²) in [6, 6.07) is 0. The van der Waals surface area contributed by atoms with Crippen molar-refractivity contribution in [2.45, 2.75) is 37.6 Å². The van der Waals surface area contributed by atoms with Gasteiger partial charge < -0.3 is 40.0 Å². The van der Waals surface area contributed by atoms with E-state index in [0.717, 1.165) is 0 Å². The van der Waals surface area contributed by atoms with Crippen molar-refractivity contribution in [3.05, 3.63) is 12.2 Å². The molecule has 1 aliphatic rings. The van der Waals surface area contributed by atoms with Gasteiger partial charge in [0, 0.05) is 5.57 Å². The Kier molecular flexibility index (Phi) is 7.39. The quantitative estimate of drug-likeness (QED) is 0.203. The number of ether oxygens (including phenoxy) is 3. The molecule has 5 N–H and O–H groups in total. The number of carbonyl (C=O) groups is 2. The van der Waals surface area contributed by atoms with Crippen molar-refractivity contribution in [3.63, 3.8) is 0 Å². The Bertz CT molecular complexity index is 439. The predicted octanol–water partition coefficient (Wildman–Crippen LogP) is -2.37. The molecule has 5 atom stereocenters. The monoisotopic (exact) mass is 335 g/mol. The Morgan fingerprint density at radius 3 is 2.43 bits per heavy atom. The molecule has 132 valence electrons. The average molecular weight is 335 g/mol. The first-order valence-corrected chi connectivity index (χ1v) is 6.85. The highest BCUT2D eigenvalue weighted by Gasteiger charge is 2.45. The molecule has 23 heavy (non-hydrogen) atoms. The third-order valence-electron chi connectivity index (χ3n) is 3.02. The first-order valence-electron chi connectivity index (χ1n) is 6.85. The molecule has 10 nitrogen and oxygen atoms in total. The van der Waals surface area contributed by atoms with Crippen LogP contribution in [-0.4, -0.2) is 83.0 Å².